The topological polar surface area (TPSA) is 84.2 Å². The maximum atomic E-state index is 12.7. The van der Waals surface area contributed by atoms with E-state index >= 15 is 0 Å². The van der Waals surface area contributed by atoms with E-state index in [9.17, 15) is 9.59 Å². The van der Waals surface area contributed by atoms with E-state index in [1.165, 1.54) is 6.33 Å². The van der Waals surface area contributed by atoms with Gasteiger partial charge in [-0.25, -0.2) is 4.98 Å². The van der Waals surface area contributed by atoms with Crippen LogP contribution in [0.2, 0.25) is 0 Å². The molecule has 2 aromatic rings. The average molecular weight is 382 g/mol. The fourth-order valence-corrected chi connectivity index (χ4v) is 4.40. The van der Waals surface area contributed by atoms with E-state index in [1.54, 1.807) is 17.2 Å². The number of hydrogen-bond donors (Lipinski definition) is 0. The Balaban J connectivity index is 1.39. The van der Waals surface area contributed by atoms with Gasteiger partial charge in [0.15, 0.2) is 0 Å². The third-order valence-electron chi connectivity index (χ3n) is 5.86. The Bertz CT molecular complexity index is 809. The molecule has 0 radical (unpaired) electrons. The van der Waals surface area contributed by atoms with Crippen LogP contribution in [0.15, 0.2) is 37.1 Å². The van der Waals surface area contributed by atoms with Crippen LogP contribution in [0, 0.1) is 5.41 Å². The van der Waals surface area contributed by atoms with Crippen molar-refractivity contribution in [3.8, 4) is 0 Å². The van der Waals surface area contributed by atoms with E-state index in [-0.39, 0.29) is 17.2 Å². The molecule has 2 aliphatic heterocycles. The maximum Gasteiger partial charge on any atom is 0.224 e. The molecule has 0 N–H and O–H groups in total. The second-order valence-corrected chi connectivity index (χ2v) is 7.90. The molecule has 2 aliphatic rings. The first-order chi connectivity index (χ1) is 13.6. The van der Waals surface area contributed by atoms with Gasteiger partial charge in [-0.2, -0.15) is 5.10 Å². The van der Waals surface area contributed by atoms with E-state index in [1.807, 2.05) is 28.0 Å². The van der Waals surface area contributed by atoms with Gasteiger partial charge < -0.3 is 9.80 Å². The zero-order valence-corrected chi connectivity index (χ0v) is 16.0. The number of carbonyl (C=O) groups excluding carboxylic acids is 2. The summed E-state index contributed by atoms with van der Waals surface area (Å²) in [5.41, 5.74) is 0.911. The molecular weight excluding hydrogens is 356 g/mol. The normalized spacial score (nSPS) is 22.6. The van der Waals surface area contributed by atoms with Crippen LogP contribution in [0.3, 0.4) is 0 Å². The molecule has 2 amide bonds. The Kier molecular flexibility index (Phi) is 5.36. The molecule has 8 nitrogen and oxygen atoms in total. The van der Waals surface area contributed by atoms with E-state index in [0.717, 1.165) is 38.0 Å². The van der Waals surface area contributed by atoms with Crippen molar-refractivity contribution >= 4 is 11.8 Å². The third kappa shape index (κ3) is 4.21. The van der Waals surface area contributed by atoms with Gasteiger partial charge in [-0.1, -0.05) is 6.07 Å². The van der Waals surface area contributed by atoms with Crippen molar-refractivity contribution in [3.05, 3.63) is 42.7 Å². The minimum absolute atomic E-state index is 0.00383. The summed E-state index contributed by atoms with van der Waals surface area (Å²) in [6.45, 7) is 3.32. The molecule has 28 heavy (non-hydrogen) atoms. The molecule has 0 aromatic carbocycles. The van der Waals surface area contributed by atoms with Gasteiger partial charge in [0.25, 0.3) is 0 Å². The Hall–Kier alpha value is -2.77. The van der Waals surface area contributed by atoms with Gasteiger partial charge in [0.2, 0.25) is 11.8 Å². The lowest BCUT2D eigenvalue weighted by Crippen LogP contribution is -2.54. The lowest BCUT2D eigenvalue weighted by atomic mass is 9.73. The molecule has 4 heterocycles. The molecular formula is C20H26N6O2. The van der Waals surface area contributed by atoms with Gasteiger partial charge in [-0.05, 0) is 31.4 Å². The van der Waals surface area contributed by atoms with Gasteiger partial charge in [-0.15, -0.1) is 0 Å². The maximum absolute atomic E-state index is 12.7. The fraction of sp³-hybridized carbons (Fsp3) is 0.550. The van der Waals surface area contributed by atoms with E-state index in [0.29, 0.717) is 32.5 Å². The second-order valence-electron chi connectivity index (χ2n) is 7.90. The Labute approximate surface area is 164 Å². The monoisotopic (exact) mass is 382 g/mol. The van der Waals surface area contributed by atoms with Gasteiger partial charge >= 0.3 is 0 Å². The third-order valence-corrected chi connectivity index (χ3v) is 5.86. The first-order valence-electron chi connectivity index (χ1n) is 9.91. The lowest BCUT2D eigenvalue weighted by molar-refractivity contribution is -0.143. The summed E-state index contributed by atoms with van der Waals surface area (Å²) in [6, 6.07) is 5.78. The van der Waals surface area contributed by atoms with Crippen molar-refractivity contribution in [2.24, 2.45) is 5.41 Å². The summed E-state index contributed by atoms with van der Waals surface area (Å²) in [6.07, 6.45) is 8.76. The molecule has 1 atom stereocenters. The molecule has 2 fully saturated rings. The molecule has 148 valence electrons. The summed E-state index contributed by atoms with van der Waals surface area (Å²) in [4.78, 5) is 37.4. The van der Waals surface area contributed by atoms with Crippen LogP contribution in [-0.4, -0.2) is 61.0 Å². The average Bonchev–Trinajstić information content (AvgIpc) is 3.24. The van der Waals surface area contributed by atoms with Crippen LogP contribution < -0.4 is 0 Å². The van der Waals surface area contributed by atoms with Gasteiger partial charge in [0.1, 0.15) is 12.7 Å². The lowest BCUT2D eigenvalue weighted by Gasteiger charge is -2.48. The Morgan fingerprint density at radius 1 is 1.21 bits per heavy atom. The molecule has 0 unspecified atom stereocenters. The van der Waals surface area contributed by atoms with Crippen molar-refractivity contribution < 1.29 is 9.59 Å². The number of pyridine rings is 1. The number of rotatable bonds is 5. The van der Waals surface area contributed by atoms with Gasteiger partial charge in [0, 0.05) is 44.1 Å². The standard InChI is InChI=1S/C20H26N6O2/c27-18-5-8-20(14-25(18)12-17-4-1-2-9-22-17)7-3-10-24(13-20)19(28)6-11-26-16-21-15-23-26/h1-2,4,9,15-16H,3,5-8,10-14H2/t20-/m1/s1. The molecule has 0 bridgehead atoms. The number of aromatic nitrogens is 4. The van der Waals surface area contributed by atoms with Gasteiger partial charge in [-0.3, -0.25) is 19.3 Å². The van der Waals surface area contributed by atoms with Crippen LogP contribution in [0.1, 0.15) is 37.8 Å². The summed E-state index contributed by atoms with van der Waals surface area (Å²) in [5, 5.41) is 4.06. The van der Waals surface area contributed by atoms with Crippen LogP contribution in [0.25, 0.3) is 0 Å². The van der Waals surface area contributed by atoms with E-state index in [2.05, 4.69) is 15.1 Å². The summed E-state index contributed by atoms with van der Waals surface area (Å²) < 4.78 is 1.69. The number of hydrogen-bond acceptors (Lipinski definition) is 5. The number of carbonyl (C=O) groups is 2. The van der Waals surface area contributed by atoms with Crippen molar-refractivity contribution in [1.29, 1.82) is 0 Å². The zero-order valence-electron chi connectivity index (χ0n) is 16.0. The second kappa shape index (κ2) is 8.08. The van der Waals surface area contributed by atoms with Crippen LogP contribution in [-0.2, 0) is 22.7 Å². The number of nitrogens with zero attached hydrogens (tertiary/aromatic N) is 6. The van der Waals surface area contributed by atoms with Crippen molar-refractivity contribution in [2.45, 2.75) is 45.2 Å². The van der Waals surface area contributed by atoms with Crippen LogP contribution in [0.4, 0.5) is 0 Å². The largest absolute Gasteiger partial charge is 0.342 e. The molecule has 8 heteroatoms. The Morgan fingerprint density at radius 3 is 2.93 bits per heavy atom. The Morgan fingerprint density at radius 2 is 2.14 bits per heavy atom. The first kappa shape index (κ1) is 18.6. The van der Waals surface area contributed by atoms with Crippen molar-refractivity contribution in [1.82, 2.24) is 29.5 Å². The number of aryl methyl sites for hydroxylation is 1. The smallest absolute Gasteiger partial charge is 0.224 e. The molecule has 1 spiro atoms. The minimum atomic E-state index is 0.00383. The first-order valence-corrected chi connectivity index (χ1v) is 9.91. The van der Waals surface area contributed by atoms with Crippen LogP contribution >= 0.6 is 0 Å². The van der Waals surface area contributed by atoms with Crippen molar-refractivity contribution in [3.63, 3.8) is 0 Å². The molecule has 2 saturated heterocycles. The van der Waals surface area contributed by atoms with Gasteiger partial charge in [0.05, 0.1) is 18.8 Å². The highest BCUT2D eigenvalue weighted by atomic mass is 16.2. The van der Waals surface area contributed by atoms with E-state index in [4.69, 9.17) is 0 Å². The van der Waals surface area contributed by atoms with Crippen LogP contribution in [0.5, 0.6) is 0 Å². The highest BCUT2D eigenvalue weighted by molar-refractivity contribution is 5.78. The number of likely N-dealkylation sites (tertiary alicyclic amines) is 2. The number of piperidine rings is 2. The molecule has 2 aromatic heterocycles. The number of amides is 2. The molecule has 0 saturated carbocycles. The van der Waals surface area contributed by atoms with Crippen molar-refractivity contribution in [2.75, 3.05) is 19.6 Å². The predicted octanol–water partition coefficient (Wildman–Crippen LogP) is 1.49. The predicted molar refractivity (Wildman–Crippen MR) is 102 cm³/mol. The zero-order chi connectivity index (χ0) is 19.4. The van der Waals surface area contributed by atoms with E-state index < -0.39 is 0 Å². The summed E-state index contributed by atoms with van der Waals surface area (Å²) in [5.74, 6) is 0.341. The minimum Gasteiger partial charge on any atom is -0.342 e. The molecule has 4 rings (SSSR count). The summed E-state index contributed by atoms with van der Waals surface area (Å²) in [7, 11) is 0. The SMILES string of the molecule is O=C(CCn1cncn1)N1CCC[C@@]2(CCC(=O)N(Cc3ccccn3)C2)C1. The fourth-order valence-electron chi connectivity index (χ4n) is 4.40. The molecule has 0 aliphatic carbocycles. The summed E-state index contributed by atoms with van der Waals surface area (Å²) >= 11 is 0. The highest BCUT2D eigenvalue weighted by Gasteiger charge is 2.42. The highest BCUT2D eigenvalue weighted by Crippen LogP contribution is 2.39. The quantitative estimate of drug-likeness (QED) is 0.782.